The average Bonchev–Trinajstić information content (AvgIpc) is 3.17. The molecule has 1 saturated carbocycles. The van der Waals surface area contributed by atoms with E-state index >= 15 is 0 Å². The molecule has 0 radical (unpaired) electrons. The van der Waals surface area contributed by atoms with Gasteiger partial charge in [-0.1, -0.05) is 23.7 Å². The summed E-state index contributed by atoms with van der Waals surface area (Å²) in [5, 5.41) is 8.84. The van der Waals surface area contributed by atoms with Crippen molar-refractivity contribution in [3.8, 4) is 0 Å². The fourth-order valence-electron chi connectivity index (χ4n) is 2.30. The van der Waals surface area contributed by atoms with Crippen LogP contribution in [0.25, 0.3) is 0 Å². The van der Waals surface area contributed by atoms with E-state index in [2.05, 4.69) is 36.4 Å². The summed E-state index contributed by atoms with van der Waals surface area (Å²) in [6, 6.07) is 6.91. The molecule has 1 N–H and O–H groups in total. The average molecular weight is 290 g/mol. The lowest BCUT2D eigenvalue weighted by atomic mass is 10.1. The molecule has 0 saturated heterocycles. The van der Waals surface area contributed by atoms with Gasteiger partial charge in [-0.25, -0.2) is 0 Å². The number of aromatic nitrogens is 2. The van der Waals surface area contributed by atoms with Crippen LogP contribution in [0.1, 0.15) is 35.2 Å². The first-order valence-corrected chi connectivity index (χ1v) is 7.51. The highest BCUT2D eigenvalue weighted by atomic mass is 35.5. The van der Waals surface area contributed by atoms with Crippen LogP contribution in [0, 0.1) is 13.8 Å². The van der Waals surface area contributed by atoms with Crippen molar-refractivity contribution in [1.29, 1.82) is 0 Å². The van der Waals surface area contributed by atoms with E-state index in [1.165, 1.54) is 29.7 Å². The predicted molar refractivity (Wildman–Crippen MR) is 82.1 cm³/mol. The lowest BCUT2D eigenvalue weighted by Crippen LogP contribution is -2.16. The predicted octanol–water partition coefficient (Wildman–Crippen LogP) is 3.45. The van der Waals surface area contributed by atoms with Crippen molar-refractivity contribution in [1.82, 2.24) is 15.1 Å². The van der Waals surface area contributed by atoms with Gasteiger partial charge >= 0.3 is 0 Å². The Labute approximate surface area is 124 Å². The molecule has 1 aliphatic carbocycles. The summed E-state index contributed by atoms with van der Waals surface area (Å²) in [5.74, 6) is 0. The number of nitrogens with zero attached hydrogens (tertiary/aromatic N) is 2. The maximum absolute atomic E-state index is 6.30. The molecular formula is C16H20ClN3. The van der Waals surface area contributed by atoms with Gasteiger partial charge in [-0.2, -0.15) is 5.10 Å². The Morgan fingerprint density at radius 1 is 1.30 bits per heavy atom. The summed E-state index contributed by atoms with van der Waals surface area (Å²) in [7, 11) is 0. The third kappa shape index (κ3) is 3.05. The molecule has 0 spiro atoms. The molecule has 1 aromatic carbocycles. The number of aryl methyl sites for hydroxylation is 1. The summed E-state index contributed by atoms with van der Waals surface area (Å²) in [4.78, 5) is 0. The van der Waals surface area contributed by atoms with Crippen LogP contribution >= 0.6 is 11.6 Å². The maximum Gasteiger partial charge on any atom is 0.0677 e. The molecule has 1 fully saturated rings. The van der Waals surface area contributed by atoms with Crippen LogP contribution in [-0.2, 0) is 13.1 Å². The normalized spacial score (nSPS) is 14.8. The highest BCUT2D eigenvalue weighted by Gasteiger charge is 2.20. The van der Waals surface area contributed by atoms with Crippen molar-refractivity contribution in [2.45, 2.75) is 45.8 Å². The van der Waals surface area contributed by atoms with Crippen molar-refractivity contribution < 1.29 is 0 Å². The molecule has 1 aromatic heterocycles. The Bertz CT molecular complexity index is 614. The summed E-state index contributed by atoms with van der Waals surface area (Å²) < 4.78 is 2.03. The number of benzene rings is 1. The van der Waals surface area contributed by atoms with Gasteiger partial charge in [0.05, 0.1) is 12.7 Å². The number of nitrogens with one attached hydrogen (secondary N) is 1. The second kappa shape index (κ2) is 5.58. The summed E-state index contributed by atoms with van der Waals surface area (Å²) in [6.07, 6.45) is 4.59. The molecule has 3 rings (SSSR count). The number of hydrogen-bond donors (Lipinski definition) is 1. The molecule has 4 heteroatoms. The molecule has 0 amide bonds. The van der Waals surface area contributed by atoms with Crippen LogP contribution in [0.4, 0.5) is 0 Å². The second-order valence-corrected chi connectivity index (χ2v) is 6.07. The Morgan fingerprint density at radius 2 is 2.10 bits per heavy atom. The summed E-state index contributed by atoms with van der Waals surface area (Å²) >= 11 is 6.30. The third-order valence-electron chi connectivity index (χ3n) is 3.89. The fraction of sp³-hybridized carbons (Fsp3) is 0.438. The summed E-state index contributed by atoms with van der Waals surface area (Å²) in [6.45, 7) is 5.82. The van der Waals surface area contributed by atoms with Crippen molar-refractivity contribution in [2.75, 3.05) is 0 Å². The SMILES string of the molecule is Cc1ccc(Cn2ncc(CNC3CC3)c2C)c(Cl)c1. The van der Waals surface area contributed by atoms with Gasteiger partial charge in [0.25, 0.3) is 0 Å². The molecule has 3 nitrogen and oxygen atoms in total. The van der Waals surface area contributed by atoms with E-state index in [-0.39, 0.29) is 0 Å². The quantitative estimate of drug-likeness (QED) is 0.914. The van der Waals surface area contributed by atoms with Crippen LogP contribution in [-0.4, -0.2) is 15.8 Å². The first-order valence-electron chi connectivity index (χ1n) is 7.13. The molecule has 20 heavy (non-hydrogen) atoms. The van der Waals surface area contributed by atoms with Gasteiger partial charge in [-0.3, -0.25) is 4.68 Å². The van der Waals surface area contributed by atoms with E-state index in [4.69, 9.17) is 11.6 Å². The smallest absolute Gasteiger partial charge is 0.0677 e. The minimum Gasteiger partial charge on any atom is -0.310 e. The van der Waals surface area contributed by atoms with Crippen molar-refractivity contribution in [3.05, 3.63) is 51.8 Å². The third-order valence-corrected chi connectivity index (χ3v) is 4.24. The Kier molecular flexibility index (Phi) is 3.81. The first kappa shape index (κ1) is 13.7. The largest absolute Gasteiger partial charge is 0.310 e. The lowest BCUT2D eigenvalue weighted by Gasteiger charge is -2.08. The zero-order chi connectivity index (χ0) is 14.1. The number of hydrogen-bond acceptors (Lipinski definition) is 2. The van der Waals surface area contributed by atoms with E-state index < -0.39 is 0 Å². The van der Waals surface area contributed by atoms with Gasteiger partial charge in [0.1, 0.15) is 0 Å². The van der Waals surface area contributed by atoms with Crippen LogP contribution in [0.15, 0.2) is 24.4 Å². The van der Waals surface area contributed by atoms with Crippen LogP contribution in [0.2, 0.25) is 5.02 Å². The van der Waals surface area contributed by atoms with E-state index in [0.29, 0.717) is 0 Å². The zero-order valence-electron chi connectivity index (χ0n) is 12.0. The van der Waals surface area contributed by atoms with Crippen LogP contribution in [0.3, 0.4) is 0 Å². The standard InChI is InChI=1S/C16H20ClN3/c1-11-3-4-13(16(17)7-11)10-20-12(2)14(9-19-20)8-18-15-5-6-15/h3-4,7,9,15,18H,5-6,8,10H2,1-2H3. The minimum atomic E-state index is 0.726. The highest BCUT2D eigenvalue weighted by Crippen LogP contribution is 2.21. The second-order valence-electron chi connectivity index (χ2n) is 5.66. The van der Waals surface area contributed by atoms with Crippen LogP contribution in [0.5, 0.6) is 0 Å². The molecule has 0 atom stereocenters. The van der Waals surface area contributed by atoms with Gasteiger partial charge in [0.2, 0.25) is 0 Å². The molecular weight excluding hydrogens is 270 g/mol. The molecule has 0 bridgehead atoms. The molecule has 1 heterocycles. The zero-order valence-corrected chi connectivity index (χ0v) is 12.7. The van der Waals surface area contributed by atoms with E-state index in [1.807, 2.05) is 16.9 Å². The Hall–Kier alpha value is -1.32. The number of rotatable bonds is 5. The lowest BCUT2D eigenvalue weighted by molar-refractivity contribution is 0.654. The van der Waals surface area contributed by atoms with Crippen molar-refractivity contribution in [3.63, 3.8) is 0 Å². The Balaban J connectivity index is 1.73. The number of halogens is 1. The molecule has 1 aliphatic rings. The highest BCUT2D eigenvalue weighted by molar-refractivity contribution is 6.31. The van der Waals surface area contributed by atoms with E-state index in [9.17, 15) is 0 Å². The summed E-state index contributed by atoms with van der Waals surface area (Å²) in [5.41, 5.74) is 4.80. The fourth-order valence-corrected chi connectivity index (χ4v) is 2.60. The van der Waals surface area contributed by atoms with Gasteiger partial charge in [0.15, 0.2) is 0 Å². The molecule has 2 aromatic rings. The molecule has 0 unspecified atom stereocenters. The van der Waals surface area contributed by atoms with Gasteiger partial charge < -0.3 is 5.32 Å². The molecule has 106 valence electrons. The Morgan fingerprint density at radius 3 is 2.80 bits per heavy atom. The monoisotopic (exact) mass is 289 g/mol. The first-order chi connectivity index (χ1) is 9.63. The van der Waals surface area contributed by atoms with Gasteiger partial charge in [0, 0.05) is 28.9 Å². The van der Waals surface area contributed by atoms with Crippen molar-refractivity contribution >= 4 is 11.6 Å². The molecule has 0 aliphatic heterocycles. The maximum atomic E-state index is 6.30. The van der Waals surface area contributed by atoms with Crippen molar-refractivity contribution in [2.24, 2.45) is 0 Å². The minimum absolute atomic E-state index is 0.726. The van der Waals surface area contributed by atoms with Crippen LogP contribution < -0.4 is 5.32 Å². The van der Waals surface area contributed by atoms with Gasteiger partial charge in [-0.05, 0) is 43.9 Å². The van der Waals surface area contributed by atoms with E-state index in [0.717, 1.165) is 29.7 Å². The van der Waals surface area contributed by atoms with Gasteiger partial charge in [-0.15, -0.1) is 0 Å². The van der Waals surface area contributed by atoms with E-state index in [1.54, 1.807) is 0 Å². The topological polar surface area (TPSA) is 29.9 Å².